The van der Waals surface area contributed by atoms with E-state index in [9.17, 15) is 9.59 Å². The van der Waals surface area contributed by atoms with Gasteiger partial charge in [-0.1, -0.05) is 35.1 Å². The highest BCUT2D eigenvalue weighted by molar-refractivity contribution is 8.18. The van der Waals surface area contributed by atoms with Crippen LogP contribution in [0.15, 0.2) is 52.4 Å². The van der Waals surface area contributed by atoms with Crippen molar-refractivity contribution in [2.24, 2.45) is 4.99 Å². The van der Waals surface area contributed by atoms with Gasteiger partial charge in [-0.05, 0) is 54.6 Å². The van der Waals surface area contributed by atoms with Gasteiger partial charge in [-0.2, -0.15) is 4.99 Å². The Morgan fingerprint density at radius 1 is 1.15 bits per heavy atom. The molecule has 1 aromatic heterocycles. The van der Waals surface area contributed by atoms with Gasteiger partial charge in [-0.3, -0.25) is 9.59 Å². The third-order valence-electron chi connectivity index (χ3n) is 5.04. The number of carbonyl (C=O) groups excluding carboxylic acids is 2. The molecule has 2 aromatic carbocycles. The Balaban J connectivity index is 1.56. The van der Waals surface area contributed by atoms with Crippen LogP contribution in [-0.4, -0.2) is 34.3 Å². The van der Waals surface area contributed by atoms with E-state index in [1.54, 1.807) is 36.3 Å². The molecule has 2 amide bonds. The van der Waals surface area contributed by atoms with Crippen molar-refractivity contribution in [1.82, 2.24) is 15.5 Å². The van der Waals surface area contributed by atoms with Crippen LogP contribution in [0, 0.1) is 6.92 Å². The van der Waals surface area contributed by atoms with Crippen molar-refractivity contribution in [3.05, 3.63) is 68.5 Å². The maximum Gasteiger partial charge on any atom is 0.264 e. The van der Waals surface area contributed by atoms with Crippen molar-refractivity contribution in [1.29, 1.82) is 0 Å². The molecule has 0 bridgehead atoms. The maximum absolute atomic E-state index is 13.6. The molecule has 2 aliphatic heterocycles. The number of fused-ring (bicyclic) bond motifs is 1. The zero-order valence-corrected chi connectivity index (χ0v) is 19.8. The fourth-order valence-corrected chi connectivity index (χ4v) is 5.20. The summed E-state index contributed by atoms with van der Waals surface area (Å²) in [5.41, 5.74) is 2.58. The Morgan fingerprint density at radius 3 is 2.64 bits per heavy atom. The van der Waals surface area contributed by atoms with Gasteiger partial charge in [-0.25, -0.2) is 0 Å². The van der Waals surface area contributed by atoms with Gasteiger partial charge in [-0.15, -0.1) is 10.2 Å². The molecule has 0 radical (unpaired) electrons. The predicted molar refractivity (Wildman–Crippen MR) is 130 cm³/mol. The molecule has 0 atom stereocenters. The van der Waals surface area contributed by atoms with Crippen LogP contribution in [0.2, 0.25) is 5.02 Å². The number of thioether (sulfide) groups is 1. The first-order chi connectivity index (χ1) is 15.9. The van der Waals surface area contributed by atoms with E-state index in [4.69, 9.17) is 16.3 Å². The lowest BCUT2D eigenvalue weighted by atomic mass is 10.1. The zero-order valence-electron chi connectivity index (χ0n) is 17.5. The molecule has 33 heavy (non-hydrogen) atoms. The van der Waals surface area contributed by atoms with Crippen LogP contribution in [-0.2, 0) is 16.1 Å². The number of amides is 2. The lowest BCUT2D eigenvalue weighted by Crippen LogP contribution is -2.26. The van der Waals surface area contributed by atoms with E-state index < -0.39 is 0 Å². The summed E-state index contributed by atoms with van der Waals surface area (Å²) in [4.78, 5) is 32.7. The molecule has 0 unspecified atom stereocenters. The average Bonchev–Trinajstić information content (AvgIpc) is 3.45. The number of rotatable bonds is 4. The molecule has 0 spiro atoms. The smallest absolute Gasteiger partial charge is 0.264 e. The van der Waals surface area contributed by atoms with Crippen LogP contribution in [0.5, 0.6) is 5.75 Å². The number of carbonyl (C=O) groups is 2. The number of nitrogens with zero attached hydrogens (tertiary/aromatic N) is 4. The van der Waals surface area contributed by atoms with E-state index in [0.717, 1.165) is 22.3 Å². The van der Waals surface area contributed by atoms with E-state index in [1.165, 1.54) is 11.3 Å². The number of methoxy groups -OCH3 is 1. The lowest BCUT2D eigenvalue weighted by molar-refractivity contribution is -0.116. The fraction of sp³-hybridized carbons (Fsp3) is 0.136. The summed E-state index contributed by atoms with van der Waals surface area (Å²) in [6, 6.07) is 12.7. The number of hydrogen-bond acceptors (Lipinski definition) is 8. The first-order valence-corrected chi connectivity index (χ1v) is 11.8. The quantitative estimate of drug-likeness (QED) is 0.539. The van der Waals surface area contributed by atoms with E-state index in [1.807, 2.05) is 25.1 Å². The van der Waals surface area contributed by atoms with Crippen LogP contribution in [0.1, 0.15) is 16.1 Å². The summed E-state index contributed by atoms with van der Waals surface area (Å²) in [6.07, 6.45) is 0. The second kappa shape index (κ2) is 8.62. The maximum atomic E-state index is 13.6. The number of ether oxygens (including phenoxy) is 1. The molecular formula is C22H16ClN5O3S2. The van der Waals surface area contributed by atoms with Crippen LogP contribution in [0.25, 0.3) is 5.57 Å². The third kappa shape index (κ3) is 4.12. The molecule has 0 aliphatic carbocycles. The number of hydrogen-bond donors (Lipinski definition) is 1. The second-order valence-corrected chi connectivity index (χ2v) is 9.78. The highest BCUT2D eigenvalue weighted by Gasteiger charge is 2.39. The molecule has 5 rings (SSSR count). The topological polar surface area (TPSA) is 96.8 Å². The molecule has 11 heteroatoms. The average molecular weight is 498 g/mol. The van der Waals surface area contributed by atoms with Gasteiger partial charge in [0.25, 0.3) is 11.8 Å². The van der Waals surface area contributed by atoms with Gasteiger partial charge >= 0.3 is 0 Å². The van der Waals surface area contributed by atoms with Crippen LogP contribution in [0.3, 0.4) is 0 Å². The summed E-state index contributed by atoms with van der Waals surface area (Å²) >= 11 is 8.43. The van der Waals surface area contributed by atoms with Gasteiger partial charge in [0.1, 0.15) is 10.8 Å². The SMILES string of the molecule is COc1ccc2c(c1)/C(=C1\S/C(=N/c3nnc(C)s3)NC1=O)C(=O)N2Cc1ccc(Cl)cc1. The monoisotopic (exact) mass is 497 g/mol. The minimum atomic E-state index is -0.384. The highest BCUT2D eigenvalue weighted by atomic mass is 35.5. The molecule has 1 fully saturated rings. The van der Waals surface area contributed by atoms with Gasteiger partial charge in [0, 0.05) is 10.6 Å². The summed E-state index contributed by atoms with van der Waals surface area (Å²) in [7, 11) is 1.56. The molecule has 2 aliphatic rings. The predicted octanol–water partition coefficient (Wildman–Crippen LogP) is 4.32. The van der Waals surface area contributed by atoms with Gasteiger partial charge in [0.15, 0.2) is 5.17 Å². The van der Waals surface area contributed by atoms with Crippen LogP contribution >= 0.6 is 34.7 Å². The van der Waals surface area contributed by atoms with Gasteiger partial charge < -0.3 is 15.0 Å². The molecule has 3 aromatic rings. The van der Waals surface area contributed by atoms with Gasteiger partial charge in [0.05, 0.1) is 29.8 Å². The molecule has 3 heterocycles. The molecule has 8 nitrogen and oxygen atoms in total. The number of halogens is 1. The van der Waals surface area contributed by atoms with E-state index in [2.05, 4.69) is 20.5 Å². The Bertz CT molecular complexity index is 1350. The Morgan fingerprint density at radius 2 is 1.94 bits per heavy atom. The van der Waals surface area contributed by atoms with Crippen molar-refractivity contribution in [3.63, 3.8) is 0 Å². The first kappa shape index (κ1) is 21.6. The number of aromatic nitrogens is 2. The normalized spacial score (nSPS) is 18.8. The van der Waals surface area contributed by atoms with Gasteiger partial charge in [0.2, 0.25) is 5.13 Å². The number of amidine groups is 1. The van der Waals surface area contributed by atoms with Crippen molar-refractivity contribution in [2.75, 3.05) is 12.0 Å². The first-order valence-electron chi connectivity index (χ1n) is 9.80. The minimum absolute atomic E-state index is 0.265. The summed E-state index contributed by atoms with van der Waals surface area (Å²) in [5, 5.41) is 12.8. The molecule has 1 N–H and O–H groups in total. The highest BCUT2D eigenvalue weighted by Crippen LogP contribution is 2.45. The van der Waals surface area contributed by atoms with Crippen molar-refractivity contribution < 1.29 is 14.3 Å². The second-order valence-electron chi connectivity index (χ2n) is 7.18. The minimum Gasteiger partial charge on any atom is -0.497 e. The van der Waals surface area contributed by atoms with Crippen molar-refractivity contribution in [2.45, 2.75) is 13.5 Å². The fourth-order valence-electron chi connectivity index (χ4n) is 3.54. The summed E-state index contributed by atoms with van der Waals surface area (Å²) < 4.78 is 5.37. The molecule has 166 valence electrons. The number of nitrogens with one attached hydrogen (secondary N) is 1. The Labute approximate surface area is 202 Å². The lowest BCUT2D eigenvalue weighted by Gasteiger charge is -2.17. The summed E-state index contributed by atoms with van der Waals surface area (Å²) in [5.74, 6) is -0.0565. The largest absolute Gasteiger partial charge is 0.497 e. The Hall–Kier alpha value is -3.21. The van der Waals surface area contributed by atoms with E-state index in [-0.39, 0.29) is 16.7 Å². The number of aliphatic imine (C=N–C) groups is 1. The van der Waals surface area contributed by atoms with Crippen LogP contribution < -0.4 is 15.0 Å². The molecule has 0 saturated carbocycles. The standard InChI is InChI=1S/C22H16ClN5O3S2/c1-11-26-27-22(32-11)25-21-24-19(29)18(33-21)17-15-9-14(31-2)7-8-16(15)28(20(17)30)10-12-3-5-13(23)6-4-12/h3-9H,10H2,1-2H3,(H,24,25,27,29)/b18-17+. The number of anilines is 1. The van der Waals surface area contributed by atoms with Crippen molar-refractivity contribution >= 4 is 68.1 Å². The third-order valence-corrected chi connectivity index (χ3v) is 7.01. The van der Waals surface area contributed by atoms with E-state index >= 15 is 0 Å². The summed E-state index contributed by atoms with van der Waals surface area (Å²) in [6.45, 7) is 2.16. The molecular weight excluding hydrogens is 482 g/mol. The Kier molecular flexibility index (Phi) is 5.65. The number of aryl methyl sites for hydroxylation is 1. The molecule has 1 saturated heterocycles. The number of benzene rings is 2. The van der Waals surface area contributed by atoms with E-state index in [0.29, 0.717) is 44.4 Å². The van der Waals surface area contributed by atoms with Crippen LogP contribution in [0.4, 0.5) is 10.8 Å². The van der Waals surface area contributed by atoms with Crippen molar-refractivity contribution in [3.8, 4) is 5.75 Å². The zero-order chi connectivity index (χ0) is 23.1.